The third kappa shape index (κ3) is 4.46. The van der Waals surface area contributed by atoms with Gasteiger partial charge in [0.15, 0.2) is 11.6 Å². The summed E-state index contributed by atoms with van der Waals surface area (Å²) in [4.78, 5) is 23.0. The number of hydrogen-bond acceptors (Lipinski definition) is 8. The van der Waals surface area contributed by atoms with Crippen LogP contribution in [0.25, 0.3) is 5.82 Å². The van der Waals surface area contributed by atoms with E-state index in [0.717, 1.165) is 11.3 Å². The number of anilines is 3. The van der Waals surface area contributed by atoms with Gasteiger partial charge in [0.2, 0.25) is 5.67 Å². The van der Waals surface area contributed by atoms with Crippen LogP contribution in [0.4, 0.5) is 21.8 Å². The molecule has 0 bridgehead atoms. The summed E-state index contributed by atoms with van der Waals surface area (Å²) >= 11 is 0. The average Bonchev–Trinajstić information content (AvgIpc) is 3.52. The van der Waals surface area contributed by atoms with Gasteiger partial charge in [-0.15, -0.1) is 0 Å². The molecule has 1 aliphatic heterocycles. The Labute approximate surface area is 206 Å². The number of hydrogen-bond donors (Lipinski definition) is 3. The van der Waals surface area contributed by atoms with Crippen LogP contribution < -0.4 is 15.5 Å². The molecule has 0 spiro atoms. The number of nitriles is 1. The van der Waals surface area contributed by atoms with Crippen molar-refractivity contribution in [2.45, 2.75) is 26.1 Å². The van der Waals surface area contributed by atoms with Gasteiger partial charge < -0.3 is 15.5 Å². The van der Waals surface area contributed by atoms with Crippen LogP contribution in [0.5, 0.6) is 0 Å². The van der Waals surface area contributed by atoms with Crippen molar-refractivity contribution >= 4 is 23.4 Å². The molecule has 12 heteroatoms. The number of aromatic nitrogens is 6. The molecule has 1 fully saturated rings. The molecule has 0 aliphatic carbocycles. The van der Waals surface area contributed by atoms with Gasteiger partial charge in [-0.25, -0.2) is 19.0 Å². The summed E-state index contributed by atoms with van der Waals surface area (Å²) in [5.41, 5.74) is 0.542. The van der Waals surface area contributed by atoms with Crippen molar-refractivity contribution in [2.75, 3.05) is 23.3 Å². The highest BCUT2D eigenvalue weighted by atomic mass is 19.1. The number of nitrogens with zero attached hydrogens (tertiary/aromatic N) is 7. The molecule has 0 saturated carbocycles. The van der Waals surface area contributed by atoms with Crippen LogP contribution in [0.15, 0.2) is 48.9 Å². The molecular formula is C24H23FN10O. The Balaban J connectivity index is 1.23. The molecule has 11 nitrogen and oxygen atoms in total. The Bertz CT molecular complexity index is 1430. The number of carbonyl (C=O) groups excluding carboxylic acids is 1. The maximum atomic E-state index is 15.4. The van der Waals surface area contributed by atoms with Gasteiger partial charge in [0.25, 0.3) is 5.91 Å². The predicted octanol–water partition coefficient (Wildman–Crippen LogP) is 2.46. The molecule has 0 unspecified atom stereocenters. The molecule has 4 aromatic rings. The molecule has 5 rings (SSSR count). The van der Waals surface area contributed by atoms with E-state index in [9.17, 15) is 10.1 Å². The average molecular weight is 487 g/mol. The highest BCUT2D eigenvalue weighted by molar-refractivity contribution is 5.89. The third-order valence-corrected chi connectivity index (χ3v) is 5.86. The number of rotatable bonds is 7. The van der Waals surface area contributed by atoms with Gasteiger partial charge in [-0.1, -0.05) is 6.07 Å². The van der Waals surface area contributed by atoms with E-state index in [1.165, 1.54) is 0 Å². The molecule has 0 atom stereocenters. The minimum Gasteiger partial charge on any atom is -0.349 e. The number of aromatic amines is 1. The molecule has 1 saturated heterocycles. The Morgan fingerprint density at radius 2 is 2.11 bits per heavy atom. The van der Waals surface area contributed by atoms with E-state index in [1.54, 1.807) is 59.4 Å². The van der Waals surface area contributed by atoms with E-state index in [1.807, 2.05) is 13.0 Å². The topological polar surface area (TPSA) is 140 Å². The zero-order chi connectivity index (χ0) is 25.3. The first-order valence-corrected chi connectivity index (χ1v) is 11.2. The van der Waals surface area contributed by atoms with Gasteiger partial charge in [-0.2, -0.15) is 15.5 Å². The van der Waals surface area contributed by atoms with Crippen molar-refractivity contribution in [1.82, 2.24) is 35.3 Å². The van der Waals surface area contributed by atoms with Gasteiger partial charge in [-0.05, 0) is 43.2 Å². The van der Waals surface area contributed by atoms with E-state index in [0.29, 0.717) is 34.4 Å². The number of pyridine rings is 2. The Morgan fingerprint density at radius 1 is 1.28 bits per heavy atom. The lowest BCUT2D eigenvalue weighted by atomic mass is 9.94. The molecule has 0 radical (unpaired) electrons. The van der Waals surface area contributed by atoms with Crippen LogP contribution in [0, 0.1) is 25.2 Å². The number of halogens is 1. The quantitative estimate of drug-likeness (QED) is 0.362. The van der Waals surface area contributed by atoms with Crippen LogP contribution in [-0.4, -0.2) is 54.6 Å². The SMILES string of the molecule is Cc1cc(Nc2cc(C)c(C#N)c(N3CC(F)(C(=O)NCc4ccc(-n5cccn5)nc4)C3)n2)n[nH]1. The standard InChI is InChI=1S/C24H23FN10O/c1-15-8-19(30-20-9-16(2)32-33-20)31-22(18(15)10-26)34-13-24(25,14-34)23(36)28-12-17-4-5-21(27-11-17)35-7-3-6-29-35/h3-9,11H,12-14H2,1-2H3,(H,28,36)(H2,30,31,32,33). The number of carbonyl (C=O) groups is 1. The zero-order valence-corrected chi connectivity index (χ0v) is 19.7. The molecule has 0 aromatic carbocycles. The van der Waals surface area contributed by atoms with Crippen LogP contribution in [0.3, 0.4) is 0 Å². The number of aryl methyl sites for hydroxylation is 2. The normalized spacial score (nSPS) is 14.1. The molecular weight excluding hydrogens is 463 g/mol. The largest absolute Gasteiger partial charge is 0.349 e. The van der Waals surface area contributed by atoms with Crippen molar-refractivity contribution in [3.8, 4) is 11.9 Å². The number of alkyl halides is 1. The van der Waals surface area contributed by atoms with E-state index in [2.05, 4.69) is 42.0 Å². The highest BCUT2D eigenvalue weighted by Gasteiger charge is 2.51. The van der Waals surface area contributed by atoms with Gasteiger partial charge in [0.1, 0.15) is 17.7 Å². The fourth-order valence-corrected chi connectivity index (χ4v) is 3.95. The molecule has 3 N–H and O–H groups in total. The first-order chi connectivity index (χ1) is 17.3. The second-order valence-electron chi connectivity index (χ2n) is 8.68. The molecule has 1 amide bonds. The maximum absolute atomic E-state index is 15.4. The Kier molecular flexibility index (Phi) is 5.81. The first kappa shape index (κ1) is 23.0. The van der Waals surface area contributed by atoms with Crippen LogP contribution in [0.1, 0.15) is 22.4 Å². The van der Waals surface area contributed by atoms with E-state index < -0.39 is 11.6 Å². The van der Waals surface area contributed by atoms with Crippen molar-refractivity contribution in [3.05, 3.63) is 71.3 Å². The van der Waals surface area contributed by atoms with Gasteiger partial charge in [-0.3, -0.25) is 9.89 Å². The maximum Gasteiger partial charge on any atom is 0.261 e. The lowest BCUT2D eigenvalue weighted by Gasteiger charge is -2.44. The molecule has 4 aromatic heterocycles. The molecule has 182 valence electrons. The first-order valence-electron chi connectivity index (χ1n) is 11.2. The van der Waals surface area contributed by atoms with Gasteiger partial charge in [0.05, 0.1) is 18.7 Å². The summed E-state index contributed by atoms with van der Waals surface area (Å²) < 4.78 is 17.0. The summed E-state index contributed by atoms with van der Waals surface area (Å²) in [6.07, 6.45) is 5.04. The van der Waals surface area contributed by atoms with Crippen LogP contribution >= 0.6 is 0 Å². The highest BCUT2D eigenvalue weighted by Crippen LogP contribution is 2.34. The summed E-state index contributed by atoms with van der Waals surface area (Å²) in [7, 11) is 0. The lowest BCUT2D eigenvalue weighted by Crippen LogP contribution is -2.66. The van der Waals surface area contributed by atoms with E-state index in [4.69, 9.17) is 0 Å². The zero-order valence-electron chi connectivity index (χ0n) is 19.7. The van der Waals surface area contributed by atoms with Crippen LogP contribution in [0.2, 0.25) is 0 Å². The summed E-state index contributed by atoms with van der Waals surface area (Å²) in [5, 5.41) is 26.4. The summed E-state index contributed by atoms with van der Waals surface area (Å²) in [5.74, 6) is 1.30. The minimum absolute atomic E-state index is 0.139. The van der Waals surface area contributed by atoms with Crippen molar-refractivity contribution in [3.63, 3.8) is 0 Å². The van der Waals surface area contributed by atoms with Crippen molar-refractivity contribution in [2.24, 2.45) is 0 Å². The Hall–Kier alpha value is -4.79. The molecule has 36 heavy (non-hydrogen) atoms. The van der Waals surface area contributed by atoms with Crippen molar-refractivity contribution in [1.29, 1.82) is 5.26 Å². The fourth-order valence-electron chi connectivity index (χ4n) is 3.95. The lowest BCUT2D eigenvalue weighted by molar-refractivity contribution is -0.134. The third-order valence-electron chi connectivity index (χ3n) is 5.86. The van der Waals surface area contributed by atoms with E-state index >= 15 is 4.39 Å². The fraction of sp³-hybridized carbons (Fsp3) is 0.250. The monoisotopic (exact) mass is 486 g/mol. The van der Waals surface area contributed by atoms with Crippen molar-refractivity contribution < 1.29 is 9.18 Å². The van der Waals surface area contributed by atoms with Gasteiger partial charge >= 0.3 is 0 Å². The predicted molar refractivity (Wildman–Crippen MR) is 130 cm³/mol. The second-order valence-corrected chi connectivity index (χ2v) is 8.68. The van der Waals surface area contributed by atoms with E-state index in [-0.39, 0.29) is 19.6 Å². The second kappa shape index (κ2) is 9.10. The number of nitrogens with one attached hydrogen (secondary N) is 3. The molecule has 1 aliphatic rings. The van der Waals surface area contributed by atoms with Crippen LogP contribution in [-0.2, 0) is 11.3 Å². The number of H-pyrrole nitrogens is 1. The summed E-state index contributed by atoms with van der Waals surface area (Å²) in [6.45, 7) is 3.38. The Morgan fingerprint density at radius 3 is 2.75 bits per heavy atom. The summed E-state index contributed by atoms with van der Waals surface area (Å²) in [6, 6.07) is 11.0. The molecule has 5 heterocycles. The smallest absolute Gasteiger partial charge is 0.261 e. The number of amides is 1. The van der Waals surface area contributed by atoms with Gasteiger partial charge in [0, 0.05) is 36.9 Å². The minimum atomic E-state index is -2.09.